The molecule has 0 saturated carbocycles. The normalized spacial score (nSPS) is 11.5. The zero-order valence-electron chi connectivity index (χ0n) is 10.6. The number of aromatic nitrogens is 2. The summed E-state index contributed by atoms with van der Waals surface area (Å²) in [7, 11) is 0. The standard InChI is InChI=1S/C13H19N3.ClH/c1-4-13(2,3)15-10-11-9-14-12-7-5-6-8-16(11)12;/h5-9,15H,4,10H2,1-3H3;1H. The fourth-order valence-electron chi connectivity index (χ4n) is 1.57. The van der Waals surface area contributed by atoms with E-state index in [1.54, 1.807) is 0 Å². The van der Waals surface area contributed by atoms with Crippen molar-refractivity contribution in [1.29, 1.82) is 0 Å². The molecule has 0 radical (unpaired) electrons. The molecule has 17 heavy (non-hydrogen) atoms. The van der Waals surface area contributed by atoms with Crippen LogP contribution in [0.2, 0.25) is 0 Å². The Balaban J connectivity index is 0.00000144. The molecular formula is C13H20ClN3. The van der Waals surface area contributed by atoms with Crippen LogP contribution in [0.5, 0.6) is 0 Å². The molecule has 0 aliphatic rings. The van der Waals surface area contributed by atoms with Gasteiger partial charge in [0, 0.05) is 18.3 Å². The number of hydrogen-bond acceptors (Lipinski definition) is 2. The molecular weight excluding hydrogens is 234 g/mol. The predicted octanol–water partition coefficient (Wildman–Crippen LogP) is 3.03. The van der Waals surface area contributed by atoms with Crippen molar-refractivity contribution in [3.63, 3.8) is 0 Å². The largest absolute Gasteiger partial charge is 0.306 e. The van der Waals surface area contributed by atoms with Crippen molar-refractivity contribution in [1.82, 2.24) is 14.7 Å². The van der Waals surface area contributed by atoms with Crippen LogP contribution in [0.15, 0.2) is 30.6 Å². The van der Waals surface area contributed by atoms with Gasteiger partial charge in [-0.3, -0.25) is 0 Å². The lowest BCUT2D eigenvalue weighted by Gasteiger charge is -2.24. The van der Waals surface area contributed by atoms with Gasteiger partial charge in [0.15, 0.2) is 0 Å². The molecule has 0 unspecified atom stereocenters. The van der Waals surface area contributed by atoms with Crippen molar-refractivity contribution < 1.29 is 0 Å². The number of rotatable bonds is 4. The van der Waals surface area contributed by atoms with Crippen LogP contribution in [-0.2, 0) is 6.54 Å². The number of fused-ring (bicyclic) bond motifs is 1. The highest BCUT2D eigenvalue weighted by atomic mass is 35.5. The summed E-state index contributed by atoms with van der Waals surface area (Å²) in [4.78, 5) is 4.37. The number of halogens is 1. The molecule has 2 heterocycles. The monoisotopic (exact) mass is 253 g/mol. The average Bonchev–Trinajstić information content (AvgIpc) is 2.70. The number of pyridine rings is 1. The van der Waals surface area contributed by atoms with Gasteiger partial charge in [-0.2, -0.15) is 0 Å². The maximum Gasteiger partial charge on any atom is 0.136 e. The molecule has 1 N–H and O–H groups in total. The summed E-state index contributed by atoms with van der Waals surface area (Å²) in [6, 6.07) is 6.06. The minimum atomic E-state index is 0. The third-order valence-corrected chi connectivity index (χ3v) is 3.13. The van der Waals surface area contributed by atoms with Crippen molar-refractivity contribution in [3.8, 4) is 0 Å². The van der Waals surface area contributed by atoms with E-state index in [4.69, 9.17) is 0 Å². The van der Waals surface area contributed by atoms with Crippen molar-refractivity contribution in [2.45, 2.75) is 39.3 Å². The highest BCUT2D eigenvalue weighted by Crippen LogP contribution is 2.10. The Kier molecular flexibility index (Phi) is 4.54. The topological polar surface area (TPSA) is 29.3 Å². The Hall–Kier alpha value is -1.06. The van der Waals surface area contributed by atoms with Gasteiger partial charge in [-0.1, -0.05) is 13.0 Å². The molecule has 0 amide bonds. The van der Waals surface area contributed by atoms with E-state index in [1.165, 1.54) is 5.69 Å². The molecule has 0 bridgehead atoms. The van der Waals surface area contributed by atoms with Crippen LogP contribution < -0.4 is 5.32 Å². The van der Waals surface area contributed by atoms with Crippen LogP contribution in [0.1, 0.15) is 32.9 Å². The molecule has 0 fully saturated rings. The van der Waals surface area contributed by atoms with E-state index in [0.29, 0.717) is 0 Å². The van der Waals surface area contributed by atoms with Crippen molar-refractivity contribution in [2.24, 2.45) is 0 Å². The predicted molar refractivity (Wildman–Crippen MR) is 73.6 cm³/mol. The van der Waals surface area contributed by atoms with Crippen LogP contribution in [0.4, 0.5) is 0 Å². The molecule has 3 nitrogen and oxygen atoms in total. The first kappa shape index (κ1) is 14.0. The third-order valence-electron chi connectivity index (χ3n) is 3.13. The van der Waals surface area contributed by atoms with Crippen molar-refractivity contribution in [3.05, 3.63) is 36.3 Å². The van der Waals surface area contributed by atoms with Crippen molar-refractivity contribution >= 4 is 18.1 Å². The van der Waals surface area contributed by atoms with Gasteiger partial charge in [0.05, 0.1) is 11.9 Å². The Morgan fingerprint density at radius 2 is 2.12 bits per heavy atom. The smallest absolute Gasteiger partial charge is 0.136 e. The van der Waals surface area contributed by atoms with Gasteiger partial charge in [0.25, 0.3) is 0 Å². The lowest BCUT2D eigenvalue weighted by Crippen LogP contribution is -2.38. The molecule has 0 aliphatic carbocycles. The molecule has 0 saturated heterocycles. The van der Waals surface area contributed by atoms with Gasteiger partial charge in [-0.15, -0.1) is 12.4 Å². The van der Waals surface area contributed by atoms with E-state index < -0.39 is 0 Å². The van der Waals surface area contributed by atoms with E-state index in [2.05, 4.69) is 41.7 Å². The number of hydrogen-bond donors (Lipinski definition) is 1. The number of nitrogens with one attached hydrogen (secondary N) is 1. The first-order chi connectivity index (χ1) is 7.62. The number of nitrogens with zero attached hydrogens (tertiary/aromatic N) is 2. The third kappa shape index (κ3) is 3.20. The van der Waals surface area contributed by atoms with Gasteiger partial charge in [-0.05, 0) is 32.4 Å². The highest BCUT2D eigenvalue weighted by Gasteiger charge is 2.14. The Morgan fingerprint density at radius 3 is 2.82 bits per heavy atom. The fraction of sp³-hybridized carbons (Fsp3) is 0.462. The van der Waals surface area contributed by atoms with Crippen molar-refractivity contribution in [2.75, 3.05) is 0 Å². The summed E-state index contributed by atoms with van der Waals surface area (Å²) in [5.74, 6) is 0. The van der Waals surface area contributed by atoms with E-state index in [-0.39, 0.29) is 17.9 Å². The minimum absolute atomic E-state index is 0. The van der Waals surface area contributed by atoms with Crippen LogP contribution in [0, 0.1) is 0 Å². The molecule has 4 heteroatoms. The first-order valence-corrected chi connectivity index (χ1v) is 5.78. The summed E-state index contributed by atoms with van der Waals surface area (Å²) in [6.07, 6.45) is 5.11. The average molecular weight is 254 g/mol. The SMILES string of the molecule is CCC(C)(C)NCc1cnc2ccccn12.Cl. The van der Waals surface area contributed by atoms with Crippen LogP contribution in [-0.4, -0.2) is 14.9 Å². The zero-order chi connectivity index (χ0) is 11.6. The molecule has 0 aliphatic heterocycles. The molecule has 2 aromatic heterocycles. The van der Waals surface area contributed by atoms with E-state index in [0.717, 1.165) is 18.6 Å². The van der Waals surface area contributed by atoms with Gasteiger partial charge in [0.2, 0.25) is 0 Å². The van der Waals surface area contributed by atoms with Gasteiger partial charge < -0.3 is 9.72 Å². The summed E-state index contributed by atoms with van der Waals surface area (Å²) in [6.45, 7) is 7.49. The number of imidazole rings is 1. The Bertz CT molecular complexity index is 476. The summed E-state index contributed by atoms with van der Waals surface area (Å²) in [5.41, 5.74) is 2.39. The fourth-order valence-corrected chi connectivity index (χ4v) is 1.57. The highest BCUT2D eigenvalue weighted by molar-refractivity contribution is 5.85. The summed E-state index contributed by atoms with van der Waals surface area (Å²) < 4.78 is 2.12. The molecule has 2 aromatic rings. The lowest BCUT2D eigenvalue weighted by molar-refractivity contribution is 0.372. The molecule has 0 aromatic carbocycles. The molecule has 0 spiro atoms. The van der Waals surface area contributed by atoms with E-state index >= 15 is 0 Å². The second kappa shape index (κ2) is 5.52. The Labute approximate surface area is 109 Å². The van der Waals surface area contributed by atoms with Gasteiger partial charge in [-0.25, -0.2) is 4.98 Å². The zero-order valence-corrected chi connectivity index (χ0v) is 11.4. The van der Waals surface area contributed by atoms with E-state index in [1.807, 2.05) is 24.4 Å². The maximum atomic E-state index is 4.37. The van der Waals surface area contributed by atoms with Crippen LogP contribution in [0.25, 0.3) is 5.65 Å². The lowest BCUT2D eigenvalue weighted by atomic mass is 10.0. The second-order valence-electron chi connectivity index (χ2n) is 4.77. The maximum absolute atomic E-state index is 4.37. The minimum Gasteiger partial charge on any atom is -0.306 e. The second-order valence-corrected chi connectivity index (χ2v) is 4.77. The molecule has 0 atom stereocenters. The van der Waals surface area contributed by atoms with E-state index in [9.17, 15) is 0 Å². The molecule has 94 valence electrons. The quantitative estimate of drug-likeness (QED) is 0.908. The first-order valence-electron chi connectivity index (χ1n) is 5.78. The summed E-state index contributed by atoms with van der Waals surface area (Å²) in [5, 5.41) is 3.54. The van der Waals surface area contributed by atoms with Crippen LogP contribution >= 0.6 is 12.4 Å². The van der Waals surface area contributed by atoms with Gasteiger partial charge in [0.1, 0.15) is 5.65 Å². The van der Waals surface area contributed by atoms with Gasteiger partial charge >= 0.3 is 0 Å². The molecule has 2 rings (SSSR count). The van der Waals surface area contributed by atoms with Crippen LogP contribution in [0.3, 0.4) is 0 Å². The Morgan fingerprint density at radius 1 is 1.35 bits per heavy atom. The summed E-state index contributed by atoms with van der Waals surface area (Å²) >= 11 is 0.